The van der Waals surface area contributed by atoms with Crippen LogP contribution < -0.4 is 15.4 Å². The first-order valence-corrected chi connectivity index (χ1v) is 9.14. The Hall–Kier alpha value is -2.93. The summed E-state index contributed by atoms with van der Waals surface area (Å²) in [6, 6.07) is 14.6. The van der Waals surface area contributed by atoms with Crippen molar-refractivity contribution in [3.63, 3.8) is 0 Å². The topological polar surface area (TPSA) is 76.1 Å². The van der Waals surface area contributed by atoms with Crippen molar-refractivity contribution < 1.29 is 9.53 Å². The van der Waals surface area contributed by atoms with Crippen LogP contribution in [-0.2, 0) is 0 Å². The van der Waals surface area contributed by atoms with E-state index < -0.39 is 0 Å². The van der Waals surface area contributed by atoms with Crippen LogP contribution in [-0.4, -0.2) is 29.8 Å². The van der Waals surface area contributed by atoms with Crippen LogP contribution in [0.25, 0.3) is 10.6 Å². The second kappa shape index (κ2) is 8.44. The van der Waals surface area contributed by atoms with Crippen LogP contribution in [0.3, 0.4) is 0 Å². The lowest BCUT2D eigenvalue weighted by atomic mass is 10.2. The number of nitrogens with zero attached hydrogens (tertiary/aromatic N) is 2. The smallest absolute Gasteiger partial charge is 0.255 e. The van der Waals surface area contributed by atoms with Crippen LogP contribution in [0.1, 0.15) is 23.7 Å². The zero-order chi connectivity index (χ0) is 18.4. The summed E-state index contributed by atoms with van der Waals surface area (Å²) in [4.78, 5) is 12.3. The third-order valence-electron chi connectivity index (χ3n) is 3.69. The number of aromatic nitrogens is 2. The molecule has 2 aromatic carbocycles. The highest BCUT2D eigenvalue weighted by Crippen LogP contribution is 2.27. The van der Waals surface area contributed by atoms with Gasteiger partial charge in [-0.3, -0.25) is 4.79 Å². The minimum atomic E-state index is -0.164. The van der Waals surface area contributed by atoms with Crippen molar-refractivity contribution in [3.8, 4) is 16.3 Å². The Morgan fingerprint density at radius 3 is 2.46 bits per heavy atom. The second-order valence-corrected chi connectivity index (χ2v) is 6.58. The number of carbonyl (C=O) groups excluding carboxylic acids is 1. The van der Waals surface area contributed by atoms with E-state index in [2.05, 4.69) is 27.8 Å². The molecule has 0 saturated heterocycles. The molecule has 2 N–H and O–H groups in total. The first-order valence-electron chi connectivity index (χ1n) is 8.33. The number of rotatable bonds is 7. The fourth-order valence-corrected chi connectivity index (χ4v) is 3.06. The van der Waals surface area contributed by atoms with E-state index >= 15 is 0 Å². The average molecular weight is 368 g/mol. The van der Waals surface area contributed by atoms with Gasteiger partial charge >= 0.3 is 0 Å². The largest absolute Gasteiger partial charge is 0.497 e. The van der Waals surface area contributed by atoms with Gasteiger partial charge in [0.15, 0.2) is 0 Å². The van der Waals surface area contributed by atoms with E-state index in [-0.39, 0.29) is 5.91 Å². The molecule has 0 fully saturated rings. The number of hydrogen-bond donors (Lipinski definition) is 2. The summed E-state index contributed by atoms with van der Waals surface area (Å²) in [7, 11) is 1.59. The molecule has 3 aromatic rings. The molecule has 0 spiro atoms. The molecule has 0 atom stereocenters. The summed E-state index contributed by atoms with van der Waals surface area (Å²) in [6.45, 7) is 2.98. The maximum Gasteiger partial charge on any atom is 0.255 e. The van der Waals surface area contributed by atoms with Crippen molar-refractivity contribution in [1.82, 2.24) is 10.2 Å². The van der Waals surface area contributed by atoms with Crippen LogP contribution in [0, 0.1) is 0 Å². The van der Waals surface area contributed by atoms with E-state index in [0.29, 0.717) is 5.56 Å². The summed E-state index contributed by atoms with van der Waals surface area (Å²) in [5.74, 6) is 0.554. The van der Waals surface area contributed by atoms with Crippen LogP contribution >= 0.6 is 11.3 Å². The van der Waals surface area contributed by atoms with E-state index in [1.54, 1.807) is 31.4 Å². The molecule has 0 aliphatic heterocycles. The van der Waals surface area contributed by atoms with Gasteiger partial charge in [-0.2, -0.15) is 0 Å². The first-order chi connectivity index (χ1) is 12.7. The van der Waals surface area contributed by atoms with Gasteiger partial charge in [0.25, 0.3) is 5.91 Å². The molecule has 0 saturated carbocycles. The highest BCUT2D eigenvalue weighted by molar-refractivity contribution is 7.18. The molecular weight excluding hydrogens is 348 g/mol. The maximum atomic E-state index is 12.3. The van der Waals surface area contributed by atoms with E-state index in [4.69, 9.17) is 4.74 Å². The highest BCUT2D eigenvalue weighted by Gasteiger charge is 2.09. The molecule has 1 aromatic heterocycles. The minimum Gasteiger partial charge on any atom is -0.497 e. The van der Waals surface area contributed by atoms with Crippen molar-refractivity contribution in [2.45, 2.75) is 13.3 Å². The number of nitrogens with one attached hydrogen (secondary N) is 2. The summed E-state index contributed by atoms with van der Waals surface area (Å²) >= 11 is 1.51. The summed E-state index contributed by atoms with van der Waals surface area (Å²) in [5.41, 5.74) is 2.27. The molecule has 26 heavy (non-hydrogen) atoms. The maximum absolute atomic E-state index is 12.3. The van der Waals surface area contributed by atoms with Gasteiger partial charge in [-0.1, -0.05) is 18.3 Å². The first kappa shape index (κ1) is 17.9. The van der Waals surface area contributed by atoms with Crippen LogP contribution in [0.2, 0.25) is 0 Å². The lowest BCUT2D eigenvalue weighted by Gasteiger charge is -2.06. The average Bonchev–Trinajstić information content (AvgIpc) is 3.16. The number of anilines is 2. The third-order valence-corrected chi connectivity index (χ3v) is 4.62. The minimum absolute atomic E-state index is 0.164. The summed E-state index contributed by atoms with van der Waals surface area (Å²) in [6.07, 6.45) is 1.04. The quantitative estimate of drug-likeness (QED) is 0.651. The van der Waals surface area contributed by atoms with Gasteiger partial charge in [0.2, 0.25) is 5.13 Å². The monoisotopic (exact) mass is 368 g/mol. The van der Waals surface area contributed by atoms with Gasteiger partial charge in [-0.25, -0.2) is 0 Å². The zero-order valence-corrected chi connectivity index (χ0v) is 15.5. The van der Waals surface area contributed by atoms with Crippen molar-refractivity contribution in [2.24, 2.45) is 0 Å². The van der Waals surface area contributed by atoms with Gasteiger partial charge < -0.3 is 15.4 Å². The lowest BCUT2D eigenvalue weighted by Crippen LogP contribution is -2.11. The standard InChI is InChI=1S/C19H20N4O2S/c1-3-12-20-19-23-22-18(26-19)14-4-8-15(9-5-14)21-17(24)13-6-10-16(25-2)11-7-13/h4-11H,3,12H2,1-2H3,(H,20,23)(H,21,24). The van der Waals surface area contributed by atoms with Gasteiger partial charge in [0.05, 0.1) is 7.11 Å². The summed E-state index contributed by atoms with van der Waals surface area (Å²) in [5, 5.41) is 16.1. The molecule has 7 heteroatoms. The Morgan fingerprint density at radius 1 is 1.08 bits per heavy atom. The van der Waals surface area contributed by atoms with E-state index in [1.165, 1.54) is 11.3 Å². The van der Waals surface area contributed by atoms with Gasteiger partial charge in [0.1, 0.15) is 10.8 Å². The van der Waals surface area contributed by atoms with Crippen molar-refractivity contribution in [3.05, 3.63) is 54.1 Å². The van der Waals surface area contributed by atoms with Crippen molar-refractivity contribution in [2.75, 3.05) is 24.3 Å². The normalized spacial score (nSPS) is 10.4. The predicted octanol–water partition coefficient (Wildman–Crippen LogP) is 4.29. The molecular formula is C19H20N4O2S. The molecule has 0 aliphatic carbocycles. The van der Waals surface area contributed by atoms with Gasteiger partial charge in [0, 0.05) is 23.4 Å². The lowest BCUT2D eigenvalue weighted by molar-refractivity contribution is 0.102. The Balaban J connectivity index is 1.65. The Labute approximate surface area is 156 Å². The molecule has 1 heterocycles. The van der Waals surface area contributed by atoms with E-state index in [0.717, 1.165) is 40.1 Å². The number of benzene rings is 2. The van der Waals surface area contributed by atoms with Crippen LogP contribution in [0.4, 0.5) is 10.8 Å². The number of amides is 1. The molecule has 0 unspecified atom stereocenters. The Bertz CT molecular complexity index is 860. The number of methoxy groups -OCH3 is 1. The van der Waals surface area contributed by atoms with E-state index in [9.17, 15) is 4.79 Å². The molecule has 0 bridgehead atoms. The van der Waals surface area contributed by atoms with E-state index in [1.807, 2.05) is 24.3 Å². The Morgan fingerprint density at radius 2 is 1.81 bits per heavy atom. The molecule has 0 aliphatic rings. The molecule has 3 rings (SSSR count). The SMILES string of the molecule is CCCNc1nnc(-c2ccc(NC(=O)c3ccc(OC)cc3)cc2)s1. The van der Waals surface area contributed by atoms with Crippen LogP contribution in [0.5, 0.6) is 5.75 Å². The van der Waals surface area contributed by atoms with Gasteiger partial charge in [-0.05, 0) is 55.0 Å². The molecule has 6 nitrogen and oxygen atoms in total. The van der Waals surface area contributed by atoms with Crippen molar-refractivity contribution >= 4 is 28.1 Å². The number of ether oxygens (including phenoxy) is 1. The third kappa shape index (κ3) is 4.37. The number of carbonyl (C=O) groups is 1. The highest BCUT2D eigenvalue weighted by atomic mass is 32.1. The zero-order valence-electron chi connectivity index (χ0n) is 14.7. The number of hydrogen-bond acceptors (Lipinski definition) is 6. The molecule has 0 radical (unpaired) electrons. The summed E-state index contributed by atoms with van der Waals surface area (Å²) < 4.78 is 5.10. The molecule has 1 amide bonds. The fourth-order valence-electron chi connectivity index (χ4n) is 2.29. The predicted molar refractivity (Wildman–Crippen MR) is 105 cm³/mol. The fraction of sp³-hybridized carbons (Fsp3) is 0.211. The van der Waals surface area contributed by atoms with Crippen LogP contribution in [0.15, 0.2) is 48.5 Å². The second-order valence-electron chi connectivity index (χ2n) is 5.60. The van der Waals surface area contributed by atoms with Gasteiger partial charge in [-0.15, -0.1) is 10.2 Å². The molecule has 134 valence electrons. The Kier molecular flexibility index (Phi) is 5.80. The van der Waals surface area contributed by atoms with Crippen molar-refractivity contribution in [1.29, 1.82) is 0 Å².